The Bertz CT molecular complexity index is 1090. The van der Waals surface area contributed by atoms with Crippen LogP contribution in [-0.4, -0.2) is 28.5 Å². The van der Waals surface area contributed by atoms with Crippen molar-refractivity contribution < 1.29 is 14.3 Å². The number of ether oxygens (including phenoxy) is 2. The van der Waals surface area contributed by atoms with E-state index in [1.54, 1.807) is 47.1 Å². The molecule has 7 heteroatoms. The predicted molar refractivity (Wildman–Crippen MR) is 107 cm³/mol. The Balaban J connectivity index is 2.03. The fourth-order valence-electron chi connectivity index (χ4n) is 2.69. The van der Waals surface area contributed by atoms with E-state index < -0.39 is 0 Å². The molecule has 0 saturated carbocycles. The number of allylic oxidation sites excluding steroid dienone is 1. The van der Waals surface area contributed by atoms with Crippen LogP contribution in [0.15, 0.2) is 49.3 Å². The fraction of sp³-hybridized carbons (Fsp3) is 0.190. The highest BCUT2D eigenvalue weighted by molar-refractivity contribution is 6.06. The summed E-state index contributed by atoms with van der Waals surface area (Å²) >= 11 is 0. The summed E-state index contributed by atoms with van der Waals surface area (Å²) in [4.78, 5) is 17.2. The maximum atomic E-state index is 12.8. The molecule has 0 radical (unpaired) electrons. The number of nitriles is 1. The molecule has 0 aliphatic carbocycles. The zero-order chi connectivity index (χ0) is 20.3. The van der Waals surface area contributed by atoms with Crippen molar-refractivity contribution in [2.75, 3.05) is 12.4 Å². The van der Waals surface area contributed by atoms with Gasteiger partial charge in [-0.2, -0.15) is 5.26 Å². The largest absolute Gasteiger partial charge is 0.496 e. The minimum Gasteiger partial charge on any atom is -0.496 e. The van der Waals surface area contributed by atoms with Crippen LogP contribution in [0.3, 0.4) is 0 Å². The number of nitrogens with zero attached hydrogens (tertiary/aromatic N) is 3. The monoisotopic (exact) mass is 376 g/mol. The number of hydrogen-bond donors (Lipinski definition) is 1. The molecule has 1 aromatic carbocycles. The Kier molecular flexibility index (Phi) is 5.32. The van der Waals surface area contributed by atoms with Crippen molar-refractivity contribution in [3.63, 3.8) is 0 Å². The van der Waals surface area contributed by atoms with E-state index in [4.69, 9.17) is 14.7 Å². The molecule has 3 rings (SSSR count). The second-order valence-electron chi connectivity index (χ2n) is 6.35. The fourth-order valence-corrected chi connectivity index (χ4v) is 2.69. The molecular weight excluding hydrogens is 356 g/mol. The second-order valence-corrected chi connectivity index (χ2v) is 6.35. The number of hydrogen-bond acceptors (Lipinski definition) is 5. The van der Waals surface area contributed by atoms with Crippen LogP contribution in [0.25, 0.3) is 11.2 Å². The number of fused-ring (bicyclic) bond motifs is 1. The lowest BCUT2D eigenvalue weighted by atomic mass is 10.2. The molecular formula is C21H20N4O3. The topological polar surface area (TPSA) is 88.7 Å². The van der Waals surface area contributed by atoms with E-state index in [1.807, 2.05) is 19.9 Å². The van der Waals surface area contributed by atoms with Gasteiger partial charge in [-0.1, -0.05) is 18.7 Å². The van der Waals surface area contributed by atoms with Gasteiger partial charge in [0, 0.05) is 18.5 Å². The van der Waals surface area contributed by atoms with Gasteiger partial charge in [0.05, 0.1) is 30.0 Å². The Labute approximate surface area is 162 Å². The van der Waals surface area contributed by atoms with Gasteiger partial charge in [-0.15, -0.1) is 0 Å². The van der Waals surface area contributed by atoms with Gasteiger partial charge in [0.2, 0.25) is 0 Å². The van der Waals surface area contributed by atoms with Crippen LogP contribution in [0.5, 0.6) is 11.5 Å². The Hall–Kier alpha value is -3.79. The lowest BCUT2D eigenvalue weighted by molar-refractivity contribution is 0.102. The van der Waals surface area contributed by atoms with Crippen LogP contribution >= 0.6 is 0 Å². The molecule has 142 valence electrons. The molecule has 1 N–H and O–H groups in total. The quantitative estimate of drug-likeness (QED) is 0.659. The molecule has 3 aromatic rings. The molecule has 1 amide bonds. The average Bonchev–Trinajstić information content (AvgIpc) is 3.09. The summed E-state index contributed by atoms with van der Waals surface area (Å²) < 4.78 is 12.8. The molecule has 2 aromatic heterocycles. The molecule has 0 spiro atoms. The highest BCUT2D eigenvalue weighted by atomic mass is 16.5. The van der Waals surface area contributed by atoms with Crippen LogP contribution in [-0.2, 0) is 0 Å². The van der Waals surface area contributed by atoms with E-state index in [9.17, 15) is 4.79 Å². The smallest absolute Gasteiger partial charge is 0.259 e. The Morgan fingerprint density at radius 2 is 2.04 bits per heavy atom. The van der Waals surface area contributed by atoms with Crippen molar-refractivity contribution in [3.8, 4) is 17.6 Å². The summed E-state index contributed by atoms with van der Waals surface area (Å²) in [5.74, 6) is 0.625. The van der Waals surface area contributed by atoms with E-state index in [0.717, 1.165) is 0 Å². The van der Waals surface area contributed by atoms with E-state index in [-0.39, 0.29) is 17.6 Å². The first-order chi connectivity index (χ1) is 13.4. The number of methoxy groups -OCH3 is 1. The van der Waals surface area contributed by atoms with Crippen LogP contribution in [0, 0.1) is 11.3 Å². The Morgan fingerprint density at radius 1 is 1.29 bits per heavy atom. The summed E-state index contributed by atoms with van der Waals surface area (Å²) in [7, 11) is 1.51. The molecule has 28 heavy (non-hydrogen) atoms. The van der Waals surface area contributed by atoms with Crippen molar-refractivity contribution in [3.05, 3.63) is 60.6 Å². The third kappa shape index (κ3) is 3.81. The summed E-state index contributed by atoms with van der Waals surface area (Å²) in [6.45, 7) is 7.47. The number of amides is 1. The lowest BCUT2D eigenvalue weighted by Crippen LogP contribution is -2.16. The van der Waals surface area contributed by atoms with E-state index >= 15 is 0 Å². The molecule has 0 saturated heterocycles. The van der Waals surface area contributed by atoms with Gasteiger partial charge in [-0.05, 0) is 26.0 Å². The standard InChI is InChI=1S/C21H20N4O3/c1-13(2)28-19-9-20-23-16(14(3)10-22)11-25(20)12-17(19)24-21(26)15-7-5-6-8-18(15)27-4/h5-9,11-13H,3H2,1-2,4H3,(H,24,26). The number of pyridine rings is 1. The van der Waals surface area contributed by atoms with Crippen LogP contribution in [0.1, 0.15) is 29.9 Å². The number of carbonyl (C=O) groups excluding carboxylic acids is 1. The van der Waals surface area contributed by atoms with Gasteiger partial charge in [-0.25, -0.2) is 4.98 Å². The predicted octanol–water partition coefficient (Wildman–Crippen LogP) is 3.92. The highest BCUT2D eigenvalue weighted by Gasteiger charge is 2.17. The van der Waals surface area contributed by atoms with Crippen LogP contribution in [0.2, 0.25) is 0 Å². The normalized spacial score (nSPS) is 10.5. The van der Waals surface area contributed by atoms with E-state index in [1.165, 1.54) is 7.11 Å². The number of aromatic nitrogens is 2. The SMILES string of the molecule is C=C(C#N)c1cn2cc(NC(=O)c3ccccc3OC)c(OC(C)C)cc2n1. The first-order valence-corrected chi connectivity index (χ1v) is 8.66. The zero-order valence-corrected chi connectivity index (χ0v) is 15.9. The minimum atomic E-state index is -0.327. The number of para-hydroxylation sites is 1. The summed E-state index contributed by atoms with van der Waals surface area (Å²) in [5, 5.41) is 11.9. The number of rotatable bonds is 6. The highest BCUT2D eigenvalue weighted by Crippen LogP contribution is 2.29. The zero-order valence-electron chi connectivity index (χ0n) is 15.9. The van der Waals surface area contributed by atoms with Crippen molar-refractivity contribution >= 4 is 22.8 Å². The molecule has 0 fully saturated rings. The minimum absolute atomic E-state index is 0.104. The molecule has 0 bridgehead atoms. The van der Waals surface area contributed by atoms with Crippen LogP contribution in [0.4, 0.5) is 5.69 Å². The van der Waals surface area contributed by atoms with Crippen molar-refractivity contribution in [2.24, 2.45) is 0 Å². The molecule has 0 atom stereocenters. The number of nitrogens with one attached hydrogen (secondary N) is 1. The Morgan fingerprint density at radius 3 is 2.71 bits per heavy atom. The van der Waals surface area contributed by atoms with Gasteiger partial charge in [0.1, 0.15) is 28.9 Å². The summed E-state index contributed by atoms with van der Waals surface area (Å²) in [6.07, 6.45) is 3.27. The number of anilines is 1. The molecule has 0 aliphatic rings. The summed E-state index contributed by atoms with van der Waals surface area (Å²) in [5.41, 5.74) is 2.19. The molecule has 2 heterocycles. The van der Waals surface area contributed by atoms with Crippen molar-refractivity contribution in [1.82, 2.24) is 9.38 Å². The van der Waals surface area contributed by atoms with E-state index in [0.29, 0.717) is 34.1 Å². The molecule has 0 unspecified atom stereocenters. The first-order valence-electron chi connectivity index (χ1n) is 8.66. The van der Waals surface area contributed by atoms with Crippen molar-refractivity contribution in [2.45, 2.75) is 20.0 Å². The molecule has 7 nitrogen and oxygen atoms in total. The lowest BCUT2D eigenvalue weighted by Gasteiger charge is -2.16. The molecule has 0 aliphatic heterocycles. The number of carbonyl (C=O) groups is 1. The first kappa shape index (κ1) is 19.0. The van der Waals surface area contributed by atoms with Crippen molar-refractivity contribution in [1.29, 1.82) is 5.26 Å². The van der Waals surface area contributed by atoms with Gasteiger partial charge in [0.25, 0.3) is 5.91 Å². The van der Waals surface area contributed by atoms with Crippen LogP contribution < -0.4 is 14.8 Å². The van der Waals surface area contributed by atoms with Gasteiger partial charge < -0.3 is 19.2 Å². The third-order valence-corrected chi connectivity index (χ3v) is 3.96. The maximum absolute atomic E-state index is 12.8. The van der Waals surface area contributed by atoms with Gasteiger partial charge >= 0.3 is 0 Å². The van der Waals surface area contributed by atoms with E-state index in [2.05, 4.69) is 16.9 Å². The van der Waals surface area contributed by atoms with Gasteiger partial charge in [-0.3, -0.25) is 4.79 Å². The second kappa shape index (κ2) is 7.84. The number of imidazole rings is 1. The van der Waals surface area contributed by atoms with Gasteiger partial charge in [0.15, 0.2) is 0 Å². The summed E-state index contributed by atoms with van der Waals surface area (Å²) in [6, 6.07) is 10.7. The number of benzene rings is 1. The third-order valence-electron chi connectivity index (χ3n) is 3.96. The average molecular weight is 376 g/mol. The maximum Gasteiger partial charge on any atom is 0.259 e.